The topological polar surface area (TPSA) is 24.1 Å². The van der Waals surface area contributed by atoms with Gasteiger partial charge < -0.3 is 10.6 Å². The molecular formula is C12H18N2S2. The number of hydrogen-bond acceptors (Lipinski definition) is 2. The van der Waals surface area contributed by atoms with E-state index in [1.54, 1.807) is 0 Å². The van der Waals surface area contributed by atoms with Crippen LogP contribution in [0.1, 0.15) is 35.4 Å². The van der Waals surface area contributed by atoms with E-state index >= 15 is 0 Å². The van der Waals surface area contributed by atoms with Gasteiger partial charge in [0.2, 0.25) is 0 Å². The lowest BCUT2D eigenvalue weighted by Gasteiger charge is -2.15. The van der Waals surface area contributed by atoms with Crippen LogP contribution in [0.15, 0.2) is 12.1 Å². The average molecular weight is 254 g/mol. The molecule has 0 aliphatic heterocycles. The Bertz CT molecular complexity index is 354. The van der Waals surface area contributed by atoms with Gasteiger partial charge in [0.05, 0.1) is 6.54 Å². The quantitative estimate of drug-likeness (QED) is 0.811. The van der Waals surface area contributed by atoms with Crippen molar-refractivity contribution in [2.24, 2.45) is 0 Å². The minimum Gasteiger partial charge on any atom is -0.360 e. The Balaban J connectivity index is 1.71. The number of hydrogen-bond donors (Lipinski definition) is 2. The molecule has 0 radical (unpaired) electrons. The SMILES string of the molecule is Cc1ccc(CNC(=S)NC2CCCC2)s1. The molecule has 2 nitrogen and oxygen atoms in total. The van der Waals surface area contributed by atoms with E-state index < -0.39 is 0 Å². The summed E-state index contributed by atoms with van der Waals surface area (Å²) >= 11 is 7.10. The molecule has 0 unspecified atom stereocenters. The molecule has 2 rings (SSSR count). The predicted octanol–water partition coefficient (Wildman–Crippen LogP) is 2.96. The first-order valence-corrected chi connectivity index (χ1v) is 7.06. The van der Waals surface area contributed by atoms with E-state index in [2.05, 4.69) is 29.7 Å². The Hall–Kier alpha value is -0.610. The maximum atomic E-state index is 5.28. The predicted molar refractivity (Wildman–Crippen MR) is 73.9 cm³/mol. The summed E-state index contributed by atoms with van der Waals surface area (Å²) in [6.07, 6.45) is 5.20. The zero-order valence-corrected chi connectivity index (χ0v) is 11.2. The molecule has 2 N–H and O–H groups in total. The van der Waals surface area contributed by atoms with Gasteiger partial charge >= 0.3 is 0 Å². The van der Waals surface area contributed by atoms with Gasteiger partial charge in [0.25, 0.3) is 0 Å². The van der Waals surface area contributed by atoms with Crippen molar-refractivity contribution in [2.75, 3.05) is 0 Å². The third kappa shape index (κ3) is 3.46. The van der Waals surface area contributed by atoms with Crippen LogP contribution >= 0.6 is 23.6 Å². The molecule has 1 aliphatic carbocycles. The minimum absolute atomic E-state index is 0.602. The number of thiocarbonyl (C=S) groups is 1. The van der Waals surface area contributed by atoms with Gasteiger partial charge in [-0.2, -0.15) is 0 Å². The smallest absolute Gasteiger partial charge is 0.166 e. The van der Waals surface area contributed by atoms with Crippen molar-refractivity contribution in [1.29, 1.82) is 0 Å². The van der Waals surface area contributed by atoms with Crippen LogP contribution in [0, 0.1) is 6.92 Å². The van der Waals surface area contributed by atoms with Crippen LogP contribution in [0.5, 0.6) is 0 Å². The molecule has 1 aromatic rings. The summed E-state index contributed by atoms with van der Waals surface area (Å²) in [6.45, 7) is 2.97. The Morgan fingerprint density at radius 3 is 2.81 bits per heavy atom. The Morgan fingerprint density at radius 2 is 2.19 bits per heavy atom. The highest BCUT2D eigenvalue weighted by Gasteiger charge is 2.15. The van der Waals surface area contributed by atoms with E-state index in [1.807, 2.05) is 11.3 Å². The van der Waals surface area contributed by atoms with Crippen LogP contribution in [-0.2, 0) is 6.54 Å². The molecule has 0 atom stereocenters. The van der Waals surface area contributed by atoms with Gasteiger partial charge in [0, 0.05) is 15.8 Å². The summed E-state index contributed by atoms with van der Waals surface area (Å²) in [5.74, 6) is 0. The fourth-order valence-corrected chi connectivity index (χ4v) is 3.12. The van der Waals surface area contributed by atoms with Crippen LogP contribution in [0.2, 0.25) is 0 Å². The molecule has 1 heterocycles. The number of nitrogens with one attached hydrogen (secondary N) is 2. The molecular weight excluding hydrogens is 236 g/mol. The van der Waals surface area contributed by atoms with Gasteiger partial charge in [-0.3, -0.25) is 0 Å². The molecule has 0 bridgehead atoms. The monoisotopic (exact) mass is 254 g/mol. The maximum Gasteiger partial charge on any atom is 0.166 e. The summed E-state index contributed by atoms with van der Waals surface area (Å²) in [6, 6.07) is 4.91. The lowest BCUT2D eigenvalue weighted by molar-refractivity contribution is 0.621. The summed E-state index contributed by atoms with van der Waals surface area (Å²) < 4.78 is 0. The van der Waals surface area contributed by atoms with Crippen molar-refractivity contribution in [3.63, 3.8) is 0 Å². The highest BCUT2D eigenvalue weighted by atomic mass is 32.1. The summed E-state index contributed by atoms with van der Waals surface area (Å²) in [5.41, 5.74) is 0. The van der Waals surface area contributed by atoms with Crippen molar-refractivity contribution in [1.82, 2.24) is 10.6 Å². The molecule has 0 spiro atoms. The third-order valence-electron chi connectivity index (χ3n) is 2.91. The second-order valence-electron chi connectivity index (χ2n) is 4.32. The molecule has 1 saturated carbocycles. The largest absolute Gasteiger partial charge is 0.360 e. The van der Waals surface area contributed by atoms with Crippen molar-refractivity contribution < 1.29 is 0 Å². The summed E-state index contributed by atoms with van der Waals surface area (Å²) in [4.78, 5) is 2.69. The molecule has 0 saturated heterocycles. The van der Waals surface area contributed by atoms with Gasteiger partial charge in [-0.15, -0.1) is 11.3 Å². The van der Waals surface area contributed by atoms with Gasteiger partial charge in [-0.1, -0.05) is 12.8 Å². The Morgan fingerprint density at radius 1 is 1.44 bits per heavy atom. The molecule has 1 aliphatic rings. The molecule has 16 heavy (non-hydrogen) atoms. The molecule has 4 heteroatoms. The van der Waals surface area contributed by atoms with Crippen molar-refractivity contribution in [3.8, 4) is 0 Å². The first-order valence-electron chi connectivity index (χ1n) is 5.84. The average Bonchev–Trinajstić information content (AvgIpc) is 2.87. The van der Waals surface area contributed by atoms with Crippen LogP contribution in [0.4, 0.5) is 0 Å². The van der Waals surface area contributed by atoms with Crippen LogP contribution in [0.3, 0.4) is 0 Å². The van der Waals surface area contributed by atoms with Gasteiger partial charge in [-0.25, -0.2) is 0 Å². The Kier molecular flexibility index (Phi) is 4.18. The van der Waals surface area contributed by atoms with Crippen molar-refractivity contribution in [3.05, 3.63) is 21.9 Å². The molecule has 1 aromatic heterocycles. The van der Waals surface area contributed by atoms with Gasteiger partial charge in [0.15, 0.2) is 5.11 Å². The normalized spacial score (nSPS) is 16.3. The fourth-order valence-electron chi connectivity index (χ4n) is 2.05. The molecule has 0 aromatic carbocycles. The van der Waals surface area contributed by atoms with E-state index in [-0.39, 0.29) is 0 Å². The lowest BCUT2D eigenvalue weighted by Crippen LogP contribution is -2.40. The third-order valence-corrected chi connectivity index (χ3v) is 4.17. The highest BCUT2D eigenvalue weighted by Crippen LogP contribution is 2.17. The van der Waals surface area contributed by atoms with Crippen molar-refractivity contribution >= 4 is 28.7 Å². The van der Waals surface area contributed by atoms with Crippen LogP contribution < -0.4 is 10.6 Å². The number of aryl methyl sites for hydroxylation is 1. The first kappa shape index (κ1) is 11.9. The number of thiophene rings is 1. The zero-order chi connectivity index (χ0) is 11.4. The molecule has 1 fully saturated rings. The van der Waals surface area contributed by atoms with Crippen molar-refractivity contribution in [2.45, 2.75) is 45.2 Å². The van der Waals surface area contributed by atoms with Gasteiger partial charge in [-0.05, 0) is 44.1 Å². The lowest BCUT2D eigenvalue weighted by atomic mass is 10.3. The van der Waals surface area contributed by atoms with E-state index in [0.29, 0.717) is 6.04 Å². The second kappa shape index (κ2) is 5.64. The first-order chi connectivity index (χ1) is 7.74. The van der Waals surface area contributed by atoms with E-state index in [1.165, 1.54) is 35.4 Å². The Labute approximate surface area is 106 Å². The number of rotatable bonds is 3. The summed E-state index contributed by atoms with van der Waals surface area (Å²) in [7, 11) is 0. The zero-order valence-electron chi connectivity index (χ0n) is 9.58. The molecule has 88 valence electrons. The standard InChI is InChI=1S/C12H18N2S2/c1-9-6-7-11(16-9)8-13-12(15)14-10-4-2-3-5-10/h6-7,10H,2-5,8H2,1H3,(H2,13,14,15). The van der Waals surface area contributed by atoms with Gasteiger partial charge in [0.1, 0.15) is 0 Å². The van der Waals surface area contributed by atoms with E-state index in [0.717, 1.165) is 11.7 Å². The van der Waals surface area contributed by atoms with E-state index in [9.17, 15) is 0 Å². The van der Waals surface area contributed by atoms with E-state index in [4.69, 9.17) is 12.2 Å². The van der Waals surface area contributed by atoms with Crippen LogP contribution in [0.25, 0.3) is 0 Å². The van der Waals surface area contributed by atoms with Crippen LogP contribution in [-0.4, -0.2) is 11.2 Å². The highest BCUT2D eigenvalue weighted by molar-refractivity contribution is 7.80. The minimum atomic E-state index is 0.602. The maximum absolute atomic E-state index is 5.28. The second-order valence-corrected chi connectivity index (χ2v) is 6.10. The molecule has 0 amide bonds. The summed E-state index contributed by atoms with van der Waals surface area (Å²) in [5, 5.41) is 7.45. The fraction of sp³-hybridized carbons (Fsp3) is 0.583.